The van der Waals surface area contributed by atoms with Crippen LogP contribution in [0.25, 0.3) is 0 Å². The predicted octanol–water partition coefficient (Wildman–Crippen LogP) is 7.60. The maximum absolute atomic E-state index is 12.3. The van der Waals surface area contributed by atoms with E-state index in [0.717, 1.165) is 51.4 Å². The van der Waals surface area contributed by atoms with Crippen LogP contribution in [-0.4, -0.2) is 41.6 Å². The molecule has 0 spiro atoms. The van der Waals surface area contributed by atoms with Crippen LogP contribution in [0.3, 0.4) is 0 Å². The molecule has 0 saturated heterocycles. The minimum atomic E-state index is -1.02. The largest absolute Gasteiger partial charge is 0.480 e. The zero-order valence-electron chi connectivity index (χ0n) is 25.2. The first-order valence-electron chi connectivity index (χ1n) is 16.0. The highest BCUT2D eigenvalue weighted by Gasteiger charge is 2.19. The lowest BCUT2D eigenvalue weighted by Gasteiger charge is -2.17. The molecule has 39 heavy (non-hydrogen) atoms. The lowest BCUT2D eigenvalue weighted by atomic mass is 10.0. The summed E-state index contributed by atoms with van der Waals surface area (Å²) in [6.45, 7) is 4.75. The molecule has 0 aromatic rings. The first-order chi connectivity index (χ1) is 18.9. The van der Waals surface area contributed by atoms with Crippen molar-refractivity contribution >= 4 is 17.8 Å². The Morgan fingerprint density at radius 1 is 0.718 bits per heavy atom. The van der Waals surface area contributed by atoms with E-state index < -0.39 is 12.0 Å². The highest BCUT2D eigenvalue weighted by Crippen LogP contribution is 2.16. The Morgan fingerprint density at radius 2 is 1.31 bits per heavy atom. The zero-order valence-corrected chi connectivity index (χ0v) is 25.2. The number of carbonyl (C=O) groups is 3. The smallest absolute Gasteiger partial charge is 0.326 e. The Morgan fingerprint density at radius 3 is 1.92 bits per heavy atom. The number of carboxylic acid groups (broad SMARTS) is 1. The number of carboxylic acids is 1. The molecule has 0 aromatic carbocycles. The van der Waals surface area contributed by atoms with Crippen LogP contribution in [0.4, 0.5) is 0 Å². The Hall–Kier alpha value is -1.89. The van der Waals surface area contributed by atoms with Crippen LogP contribution in [0.15, 0.2) is 12.2 Å². The van der Waals surface area contributed by atoms with Gasteiger partial charge in [-0.1, -0.05) is 83.8 Å². The summed E-state index contributed by atoms with van der Waals surface area (Å²) in [6, 6.07) is -0.869. The van der Waals surface area contributed by atoms with Gasteiger partial charge in [-0.15, -0.1) is 0 Å². The molecule has 0 bridgehead atoms. The van der Waals surface area contributed by atoms with Gasteiger partial charge >= 0.3 is 11.9 Å². The van der Waals surface area contributed by atoms with Gasteiger partial charge in [-0.3, -0.25) is 9.59 Å². The normalized spacial score (nSPS) is 12.9. The van der Waals surface area contributed by atoms with Gasteiger partial charge in [0.25, 0.3) is 0 Å². The van der Waals surface area contributed by atoms with Crippen molar-refractivity contribution in [2.75, 3.05) is 6.54 Å². The van der Waals surface area contributed by atoms with Gasteiger partial charge in [0, 0.05) is 12.8 Å². The third kappa shape index (κ3) is 24.9. The monoisotopic (exact) mass is 552 g/mol. The molecule has 0 aromatic heterocycles. The molecule has 0 rings (SSSR count). The van der Waals surface area contributed by atoms with E-state index in [1.54, 1.807) is 0 Å². The third-order valence-corrected chi connectivity index (χ3v) is 7.06. The SMILES string of the molecule is CCCCCCC/C=C\CCCCCCCC(=O)OC(CCC)CCCCCC(=O)NC(CCCN)C(=O)O. The van der Waals surface area contributed by atoms with Crippen molar-refractivity contribution in [3.63, 3.8) is 0 Å². The van der Waals surface area contributed by atoms with Gasteiger partial charge in [0.15, 0.2) is 0 Å². The summed E-state index contributed by atoms with van der Waals surface area (Å²) in [4.78, 5) is 35.6. The average molecular weight is 553 g/mol. The van der Waals surface area contributed by atoms with E-state index in [1.165, 1.54) is 57.8 Å². The molecule has 0 saturated carbocycles. The van der Waals surface area contributed by atoms with Crippen LogP contribution in [0, 0.1) is 0 Å². The van der Waals surface area contributed by atoms with Crippen molar-refractivity contribution in [1.29, 1.82) is 0 Å². The van der Waals surface area contributed by atoms with Crippen molar-refractivity contribution in [3.8, 4) is 0 Å². The summed E-state index contributed by atoms with van der Waals surface area (Å²) in [5, 5.41) is 11.8. The zero-order chi connectivity index (χ0) is 29.0. The van der Waals surface area contributed by atoms with Crippen LogP contribution < -0.4 is 11.1 Å². The number of amides is 1. The lowest BCUT2D eigenvalue weighted by Crippen LogP contribution is -2.40. The highest BCUT2D eigenvalue weighted by molar-refractivity contribution is 5.83. The standard InChI is InChI=1S/C32H60N2O5/c1-3-5-6-7-8-9-10-11-12-13-14-15-16-20-26-31(36)39-28(22-4-2)23-18-17-19-25-30(35)34-29(32(37)38)24-21-27-33/h10-11,28-29H,3-9,12-27,33H2,1-2H3,(H,34,35)(H,37,38)/b11-10-. The first-order valence-corrected chi connectivity index (χ1v) is 16.0. The summed E-state index contributed by atoms with van der Waals surface area (Å²) in [6.07, 6.45) is 26.1. The molecule has 2 atom stereocenters. The Labute approximate surface area is 239 Å². The molecule has 1 amide bonds. The molecule has 0 radical (unpaired) electrons. The maximum Gasteiger partial charge on any atom is 0.326 e. The van der Waals surface area contributed by atoms with E-state index in [-0.39, 0.29) is 18.0 Å². The molecule has 4 N–H and O–H groups in total. The molecule has 0 heterocycles. The molecular weight excluding hydrogens is 492 g/mol. The number of esters is 1. The Balaban J connectivity index is 3.85. The number of unbranched alkanes of at least 4 members (excludes halogenated alkanes) is 12. The van der Waals surface area contributed by atoms with Crippen molar-refractivity contribution < 1.29 is 24.2 Å². The number of nitrogens with two attached hydrogens (primary N) is 1. The summed E-state index contributed by atoms with van der Waals surface area (Å²) in [7, 11) is 0. The number of allylic oxidation sites excluding steroid dienone is 2. The molecule has 2 unspecified atom stereocenters. The molecule has 0 aliphatic heterocycles. The fraction of sp³-hybridized carbons (Fsp3) is 0.844. The van der Waals surface area contributed by atoms with Crippen LogP contribution in [0.1, 0.15) is 155 Å². The van der Waals surface area contributed by atoms with Gasteiger partial charge in [-0.2, -0.15) is 0 Å². The van der Waals surface area contributed by atoms with Crippen molar-refractivity contribution in [2.24, 2.45) is 5.73 Å². The average Bonchev–Trinajstić information content (AvgIpc) is 2.90. The fourth-order valence-electron chi connectivity index (χ4n) is 4.67. The predicted molar refractivity (Wildman–Crippen MR) is 161 cm³/mol. The van der Waals surface area contributed by atoms with Crippen molar-refractivity contribution in [3.05, 3.63) is 12.2 Å². The van der Waals surface area contributed by atoms with E-state index >= 15 is 0 Å². The van der Waals surface area contributed by atoms with E-state index in [4.69, 9.17) is 10.5 Å². The number of aliphatic carboxylic acids is 1. The van der Waals surface area contributed by atoms with Gasteiger partial charge < -0.3 is 20.9 Å². The fourth-order valence-corrected chi connectivity index (χ4v) is 4.67. The quantitative estimate of drug-likeness (QED) is 0.0522. The number of hydrogen-bond donors (Lipinski definition) is 3. The van der Waals surface area contributed by atoms with Gasteiger partial charge in [0.1, 0.15) is 12.1 Å². The minimum Gasteiger partial charge on any atom is -0.480 e. The van der Waals surface area contributed by atoms with E-state index in [0.29, 0.717) is 38.6 Å². The summed E-state index contributed by atoms with van der Waals surface area (Å²) < 4.78 is 5.75. The number of hydrogen-bond acceptors (Lipinski definition) is 5. The molecule has 0 aliphatic carbocycles. The molecule has 228 valence electrons. The number of ether oxygens (including phenoxy) is 1. The van der Waals surface area contributed by atoms with Crippen LogP contribution in [0.2, 0.25) is 0 Å². The number of carbonyl (C=O) groups excluding carboxylic acids is 2. The van der Waals surface area contributed by atoms with Gasteiger partial charge in [0.05, 0.1) is 0 Å². The summed E-state index contributed by atoms with van der Waals surface area (Å²) in [5.41, 5.74) is 5.43. The summed E-state index contributed by atoms with van der Waals surface area (Å²) in [5.74, 6) is -1.35. The Bertz CT molecular complexity index is 638. The van der Waals surface area contributed by atoms with E-state index in [1.807, 2.05) is 0 Å². The maximum atomic E-state index is 12.3. The van der Waals surface area contributed by atoms with Crippen LogP contribution in [0.5, 0.6) is 0 Å². The Kier molecular flexibility index (Phi) is 26.3. The number of nitrogens with one attached hydrogen (secondary N) is 1. The molecule has 0 fully saturated rings. The van der Waals surface area contributed by atoms with Crippen molar-refractivity contribution in [1.82, 2.24) is 5.32 Å². The van der Waals surface area contributed by atoms with E-state index in [2.05, 4.69) is 31.3 Å². The third-order valence-electron chi connectivity index (χ3n) is 7.06. The lowest BCUT2D eigenvalue weighted by molar-refractivity contribution is -0.150. The van der Waals surface area contributed by atoms with Gasteiger partial charge in [-0.25, -0.2) is 4.79 Å². The number of rotatable bonds is 28. The highest BCUT2D eigenvalue weighted by atomic mass is 16.5. The second-order valence-corrected chi connectivity index (χ2v) is 10.9. The molecule has 7 heteroatoms. The molecular formula is C32H60N2O5. The second-order valence-electron chi connectivity index (χ2n) is 10.9. The summed E-state index contributed by atoms with van der Waals surface area (Å²) >= 11 is 0. The van der Waals surface area contributed by atoms with Crippen LogP contribution >= 0.6 is 0 Å². The van der Waals surface area contributed by atoms with Crippen LogP contribution in [-0.2, 0) is 19.1 Å². The minimum absolute atomic E-state index is 0.0533. The molecule has 7 nitrogen and oxygen atoms in total. The van der Waals surface area contributed by atoms with Gasteiger partial charge in [0.2, 0.25) is 5.91 Å². The van der Waals surface area contributed by atoms with Gasteiger partial charge in [-0.05, 0) is 77.2 Å². The first kappa shape index (κ1) is 37.1. The molecule has 0 aliphatic rings. The second kappa shape index (κ2) is 27.7. The van der Waals surface area contributed by atoms with Crippen molar-refractivity contribution in [2.45, 2.75) is 167 Å². The topological polar surface area (TPSA) is 119 Å². The van der Waals surface area contributed by atoms with E-state index in [9.17, 15) is 19.5 Å².